The van der Waals surface area contributed by atoms with Crippen LogP contribution >= 0.6 is 0 Å². The van der Waals surface area contributed by atoms with E-state index in [-0.39, 0.29) is 11.8 Å². The average Bonchev–Trinajstić information content (AvgIpc) is 3.52. The number of aromatic amines is 1. The molecule has 5 rings (SSSR count). The number of nitrogens with zero attached hydrogens (tertiary/aromatic N) is 4. The second-order valence-corrected chi connectivity index (χ2v) is 9.03. The monoisotopic (exact) mass is 448 g/mol. The summed E-state index contributed by atoms with van der Waals surface area (Å²) in [4.78, 5) is 22.0. The number of hydrogen-bond acceptors (Lipinski definition) is 6. The number of benzene rings is 1. The molecule has 0 bridgehead atoms. The molecular weight excluding hydrogens is 416 g/mol. The number of ether oxygens (including phenoxy) is 1. The van der Waals surface area contributed by atoms with Crippen LogP contribution in [0.4, 0.5) is 5.82 Å². The highest BCUT2D eigenvalue weighted by Crippen LogP contribution is 2.29. The predicted molar refractivity (Wildman–Crippen MR) is 128 cm³/mol. The lowest BCUT2D eigenvalue weighted by Crippen LogP contribution is -2.44. The average molecular weight is 449 g/mol. The molecule has 3 aromatic rings. The summed E-state index contributed by atoms with van der Waals surface area (Å²) in [6.45, 7) is 4.87. The van der Waals surface area contributed by atoms with Gasteiger partial charge in [-0.2, -0.15) is 5.10 Å². The Kier molecular flexibility index (Phi) is 6.44. The van der Waals surface area contributed by atoms with Crippen molar-refractivity contribution in [2.75, 3.05) is 45.2 Å². The van der Waals surface area contributed by atoms with E-state index in [1.165, 1.54) is 12.8 Å². The number of methoxy groups -OCH3 is 1. The van der Waals surface area contributed by atoms with E-state index in [1.807, 2.05) is 29.2 Å². The van der Waals surface area contributed by atoms with Gasteiger partial charge in [0, 0.05) is 36.8 Å². The maximum absolute atomic E-state index is 12.8. The normalized spacial score (nSPS) is 19.2. The van der Waals surface area contributed by atoms with E-state index in [0.717, 1.165) is 72.9 Å². The lowest BCUT2D eigenvalue weighted by atomic mass is 9.94. The molecule has 174 valence electrons. The number of pyridine rings is 1. The van der Waals surface area contributed by atoms with E-state index in [9.17, 15) is 4.79 Å². The van der Waals surface area contributed by atoms with Gasteiger partial charge in [0.15, 0.2) is 11.5 Å². The topological polar surface area (TPSA) is 86.4 Å². The summed E-state index contributed by atoms with van der Waals surface area (Å²) in [6, 6.07) is 12.1. The molecule has 0 saturated carbocycles. The molecular formula is C25H32N6O2. The number of carbonyl (C=O) groups is 1. The first-order valence-corrected chi connectivity index (χ1v) is 11.9. The molecule has 1 aromatic carbocycles. The number of fused-ring (bicyclic) bond motifs is 1. The minimum atomic E-state index is 0.257. The number of H-pyrrole nitrogens is 1. The highest BCUT2D eigenvalue weighted by Gasteiger charge is 2.27. The van der Waals surface area contributed by atoms with Crippen molar-refractivity contribution in [3.05, 3.63) is 47.7 Å². The van der Waals surface area contributed by atoms with Crippen molar-refractivity contribution in [1.29, 1.82) is 0 Å². The van der Waals surface area contributed by atoms with Crippen LogP contribution in [0.3, 0.4) is 0 Å². The summed E-state index contributed by atoms with van der Waals surface area (Å²) in [6.07, 6.45) is 4.49. The third kappa shape index (κ3) is 4.80. The maximum atomic E-state index is 12.8. The number of amides is 1. The quantitative estimate of drug-likeness (QED) is 0.576. The van der Waals surface area contributed by atoms with E-state index in [0.29, 0.717) is 13.1 Å². The summed E-state index contributed by atoms with van der Waals surface area (Å²) in [5, 5.41) is 11.9. The first-order valence-electron chi connectivity index (χ1n) is 11.9. The van der Waals surface area contributed by atoms with Crippen molar-refractivity contribution in [2.24, 2.45) is 0 Å². The minimum absolute atomic E-state index is 0.257. The molecule has 2 N–H and O–H groups in total. The predicted octanol–water partition coefficient (Wildman–Crippen LogP) is 3.38. The Morgan fingerprint density at radius 1 is 1.15 bits per heavy atom. The second kappa shape index (κ2) is 9.79. The number of rotatable bonds is 7. The zero-order valence-corrected chi connectivity index (χ0v) is 19.2. The van der Waals surface area contributed by atoms with Gasteiger partial charge in [0.25, 0.3) is 0 Å². The van der Waals surface area contributed by atoms with Crippen LogP contribution in [0.15, 0.2) is 36.4 Å². The Hall–Kier alpha value is -3.13. The van der Waals surface area contributed by atoms with Crippen molar-refractivity contribution in [3.8, 4) is 5.75 Å². The molecule has 4 heterocycles. The van der Waals surface area contributed by atoms with Gasteiger partial charge in [-0.1, -0.05) is 18.2 Å². The Bertz CT molecular complexity index is 1110. The van der Waals surface area contributed by atoms with Crippen molar-refractivity contribution < 1.29 is 9.53 Å². The molecule has 2 aliphatic rings. The molecule has 2 saturated heterocycles. The third-order valence-electron chi connectivity index (χ3n) is 6.83. The number of likely N-dealkylation sites (tertiary alicyclic amines) is 2. The van der Waals surface area contributed by atoms with Gasteiger partial charge in [-0.15, -0.1) is 0 Å². The van der Waals surface area contributed by atoms with Gasteiger partial charge in [0.1, 0.15) is 5.75 Å². The molecule has 33 heavy (non-hydrogen) atoms. The molecule has 0 aliphatic carbocycles. The molecule has 2 aromatic heterocycles. The Labute approximate surface area is 194 Å². The van der Waals surface area contributed by atoms with Gasteiger partial charge in [-0.05, 0) is 57.0 Å². The highest BCUT2D eigenvalue weighted by molar-refractivity contribution is 5.87. The fourth-order valence-corrected chi connectivity index (χ4v) is 4.99. The first-order chi connectivity index (χ1) is 16.2. The van der Waals surface area contributed by atoms with Crippen LogP contribution in [0.25, 0.3) is 11.0 Å². The molecule has 0 radical (unpaired) electrons. The zero-order chi connectivity index (χ0) is 22.6. The summed E-state index contributed by atoms with van der Waals surface area (Å²) < 4.78 is 5.44. The molecule has 0 spiro atoms. The minimum Gasteiger partial charge on any atom is -0.496 e. The Balaban J connectivity index is 1.25. The molecule has 1 amide bonds. The molecule has 1 atom stereocenters. The van der Waals surface area contributed by atoms with E-state index in [2.05, 4.69) is 32.5 Å². The van der Waals surface area contributed by atoms with Crippen LogP contribution in [0.2, 0.25) is 0 Å². The number of para-hydroxylation sites is 1. The number of carbonyl (C=O) groups excluding carboxylic acids is 1. The van der Waals surface area contributed by atoms with E-state index < -0.39 is 0 Å². The summed E-state index contributed by atoms with van der Waals surface area (Å²) >= 11 is 0. The lowest BCUT2D eigenvalue weighted by molar-refractivity contribution is -0.133. The van der Waals surface area contributed by atoms with Crippen LogP contribution in [-0.2, 0) is 11.3 Å². The molecule has 2 aliphatic heterocycles. The highest BCUT2D eigenvalue weighted by atomic mass is 16.5. The van der Waals surface area contributed by atoms with Crippen molar-refractivity contribution in [2.45, 2.75) is 38.1 Å². The van der Waals surface area contributed by atoms with Gasteiger partial charge < -0.3 is 15.0 Å². The van der Waals surface area contributed by atoms with E-state index >= 15 is 0 Å². The Morgan fingerprint density at radius 2 is 2.00 bits per heavy atom. The smallest absolute Gasteiger partial charge is 0.236 e. The lowest BCUT2D eigenvalue weighted by Gasteiger charge is -2.33. The molecule has 8 heteroatoms. The van der Waals surface area contributed by atoms with Crippen LogP contribution in [0.5, 0.6) is 5.75 Å². The fraction of sp³-hybridized carbons (Fsp3) is 0.480. The SMILES string of the molecule is COc1ccccc1CNc1n[nH]c2nc(C3CCCN(C(=O)CN4CCCC4)C3)ccc12. The van der Waals surface area contributed by atoms with Gasteiger partial charge >= 0.3 is 0 Å². The number of hydrogen-bond donors (Lipinski definition) is 2. The van der Waals surface area contributed by atoms with Crippen LogP contribution < -0.4 is 10.1 Å². The second-order valence-electron chi connectivity index (χ2n) is 9.03. The van der Waals surface area contributed by atoms with Crippen molar-refractivity contribution >= 4 is 22.8 Å². The third-order valence-corrected chi connectivity index (χ3v) is 6.83. The van der Waals surface area contributed by atoms with Crippen LogP contribution in [-0.4, -0.2) is 70.7 Å². The first kappa shape index (κ1) is 21.7. The standard InChI is InChI=1S/C25H32N6O2/c1-33-22-9-3-2-7-18(22)15-26-24-20-10-11-21(27-25(20)29-28-24)19-8-6-14-31(16-19)23(32)17-30-12-4-5-13-30/h2-3,7,9-11,19H,4-6,8,12-17H2,1H3,(H2,26,27,28,29). The number of aromatic nitrogens is 3. The Morgan fingerprint density at radius 3 is 2.85 bits per heavy atom. The van der Waals surface area contributed by atoms with Gasteiger partial charge in [-0.3, -0.25) is 14.8 Å². The van der Waals surface area contributed by atoms with Crippen molar-refractivity contribution in [3.63, 3.8) is 0 Å². The summed E-state index contributed by atoms with van der Waals surface area (Å²) in [7, 11) is 1.68. The van der Waals surface area contributed by atoms with Gasteiger partial charge in [-0.25, -0.2) is 4.98 Å². The number of anilines is 1. The van der Waals surface area contributed by atoms with Gasteiger partial charge in [0.05, 0.1) is 19.0 Å². The van der Waals surface area contributed by atoms with E-state index in [1.54, 1.807) is 7.11 Å². The zero-order valence-electron chi connectivity index (χ0n) is 19.2. The maximum Gasteiger partial charge on any atom is 0.236 e. The summed E-state index contributed by atoms with van der Waals surface area (Å²) in [5.41, 5.74) is 2.87. The number of nitrogens with one attached hydrogen (secondary N) is 2. The molecule has 8 nitrogen and oxygen atoms in total. The summed E-state index contributed by atoms with van der Waals surface area (Å²) in [5.74, 6) is 2.15. The van der Waals surface area contributed by atoms with Crippen molar-refractivity contribution in [1.82, 2.24) is 25.0 Å². The van der Waals surface area contributed by atoms with E-state index in [4.69, 9.17) is 9.72 Å². The molecule has 2 fully saturated rings. The fourth-order valence-electron chi connectivity index (χ4n) is 4.99. The number of piperidine rings is 1. The molecule has 1 unspecified atom stereocenters. The van der Waals surface area contributed by atoms with Gasteiger partial charge in [0.2, 0.25) is 5.91 Å². The largest absolute Gasteiger partial charge is 0.496 e. The van der Waals surface area contributed by atoms with Crippen LogP contribution in [0, 0.1) is 0 Å². The van der Waals surface area contributed by atoms with Crippen LogP contribution in [0.1, 0.15) is 42.9 Å².